The Bertz CT molecular complexity index is 1020. The van der Waals surface area contributed by atoms with Gasteiger partial charge in [-0.05, 0) is 42.9 Å². The van der Waals surface area contributed by atoms with Gasteiger partial charge in [-0.15, -0.1) is 11.3 Å². The number of rotatable bonds is 2. The monoisotopic (exact) mass is 353 g/mol. The molecule has 0 saturated heterocycles. The maximum atomic E-state index is 13.2. The Hall–Kier alpha value is -2.47. The minimum atomic E-state index is -0.191. The molecule has 0 bridgehead atoms. The smallest absolute Gasteiger partial charge is 0.264 e. The maximum absolute atomic E-state index is 13.2. The zero-order valence-electron chi connectivity index (χ0n) is 14.2. The van der Waals surface area contributed by atoms with Gasteiger partial charge in [-0.2, -0.15) is 0 Å². The molecule has 0 fully saturated rings. The second kappa shape index (κ2) is 6.11. The number of aromatic amines is 1. The Balaban J connectivity index is 1.74. The average Bonchev–Trinajstić information content (AvgIpc) is 2.98. The van der Waals surface area contributed by atoms with Crippen molar-refractivity contribution in [2.45, 2.75) is 32.2 Å². The largest absolute Gasteiger partial charge is 0.334 e. The zero-order chi connectivity index (χ0) is 17.6. The molecule has 0 aliphatic heterocycles. The number of benzene rings is 1. The molecule has 25 heavy (non-hydrogen) atoms. The topological polar surface area (TPSA) is 66.1 Å². The Labute approximate surface area is 149 Å². The summed E-state index contributed by atoms with van der Waals surface area (Å²) in [7, 11) is 1.86. The van der Waals surface area contributed by atoms with Crippen molar-refractivity contribution in [3.05, 3.63) is 62.5 Å². The summed E-state index contributed by atoms with van der Waals surface area (Å²) in [6.45, 7) is 1.83. The summed E-state index contributed by atoms with van der Waals surface area (Å²) in [4.78, 5) is 35.0. The lowest BCUT2D eigenvalue weighted by Gasteiger charge is -2.33. The first kappa shape index (κ1) is 16.0. The van der Waals surface area contributed by atoms with Gasteiger partial charge in [0.1, 0.15) is 4.83 Å². The number of thiophene rings is 1. The van der Waals surface area contributed by atoms with Crippen LogP contribution in [-0.2, 0) is 6.42 Å². The Morgan fingerprint density at radius 2 is 2.16 bits per heavy atom. The highest BCUT2D eigenvalue weighted by Crippen LogP contribution is 2.36. The molecule has 1 aromatic carbocycles. The van der Waals surface area contributed by atoms with Crippen LogP contribution in [0, 0.1) is 6.92 Å². The highest BCUT2D eigenvalue weighted by molar-refractivity contribution is 7.20. The highest BCUT2D eigenvalue weighted by Gasteiger charge is 2.29. The number of nitrogens with zero attached hydrogens (tertiary/aromatic N) is 2. The van der Waals surface area contributed by atoms with Gasteiger partial charge in [-0.3, -0.25) is 9.59 Å². The fraction of sp³-hybridized carbons (Fsp3) is 0.316. The summed E-state index contributed by atoms with van der Waals surface area (Å²) in [5.41, 5.74) is 3.09. The van der Waals surface area contributed by atoms with Crippen LogP contribution in [0.3, 0.4) is 0 Å². The van der Waals surface area contributed by atoms with E-state index in [0.29, 0.717) is 15.1 Å². The molecule has 4 rings (SSSR count). The Kier molecular flexibility index (Phi) is 3.92. The first-order valence-electron chi connectivity index (χ1n) is 8.39. The fourth-order valence-electron chi connectivity index (χ4n) is 3.71. The van der Waals surface area contributed by atoms with Gasteiger partial charge in [0.05, 0.1) is 22.6 Å². The minimum absolute atomic E-state index is 0.0402. The summed E-state index contributed by atoms with van der Waals surface area (Å²) in [6, 6.07) is 8.43. The number of hydrogen-bond acceptors (Lipinski definition) is 4. The van der Waals surface area contributed by atoms with Crippen LogP contribution in [0.1, 0.15) is 45.2 Å². The Morgan fingerprint density at radius 1 is 1.36 bits per heavy atom. The van der Waals surface area contributed by atoms with E-state index in [0.717, 1.165) is 24.8 Å². The van der Waals surface area contributed by atoms with E-state index in [-0.39, 0.29) is 17.5 Å². The van der Waals surface area contributed by atoms with Crippen LogP contribution in [0.15, 0.2) is 35.4 Å². The minimum Gasteiger partial charge on any atom is -0.334 e. The average molecular weight is 353 g/mol. The summed E-state index contributed by atoms with van der Waals surface area (Å²) in [5, 5.41) is 0.522. The quantitative estimate of drug-likeness (QED) is 0.767. The van der Waals surface area contributed by atoms with Crippen molar-refractivity contribution in [3.63, 3.8) is 0 Å². The molecule has 0 saturated carbocycles. The van der Waals surface area contributed by atoms with Crippen molar-refractivity contribution in [1.82, 2.24) is 14.9 Å². The van der Waals surface area contributed by atoms with Crippen LogP contribution in [-0.4, -0.2) is 27.8 Å². The van der Waals surface area contributed by atoms with Crippen LogP contribution in [0.2, 0.25) is 0 Å². The second-order valence-electron chi connectivity index (χ2n) is 6.49. The maximum Gasteiger partial charge on any atom is 0.264 e. The normalized spacial score (nSPS) is 16.6. The van der Waals surface area contributed by atoms with E-state index < -0.39 is 0 Å². The number of H-pyrrole nitrogens is 1. The summed E-state index contributed by atoms with van der Waals surface area (Å²) >= 11 is 1.30. The van der Waals surface area contributed by atoms with Crippen molar-refractivity contribution >= 4 is 27.5 Å². The molecule has 5 nitrogen and oxygen atoms in total. The van der Waals surface area contributed by atoms with Gasteiger partial charge >= 0.3 is 0 Å². The van der Waals surface area contributed by atoms with Gasteiger partial charge < -0.3 is 9.88 Å². The van der Waals surface area contributed by atoms with Crippen LogP contribution in [0.25, 0.3) is 10.2 Å². The van der Waals surface area contributed by atoms with Gasteiger partial charge in [-0.25, -0.2) is 4.98 Å². The van der Waals surface area contributed by atoms with Crippen LogP contribution in [0.5, 0.6) is 0 Å². The van der Waals surface area contributed by atoms with Gasteiger partial charge in [0, 0.05) is 7.05 Å². The molecule has 128 valence electrons. The number of carbonyl (C=O) groups excluding carboxylic acids is 1. The number of amides is 1. The molecular weight excluding hydrogens is 334 g/mol. The van der Waals surface area contributed by atoms with Crippen molar-refractivity contribution < 1.29 is 4.79 Å². The first-order chi connectivity index (χ1) is 12.1. The summed E-state index contributed by atoms with van der Waals surface area (Å²) in [6.07, 6.45) is 4.49. The molecule has 1 N–H and O–H groups in total. The predicted octanol–water partition coefficient (Wildman–Crippen LogP) is 3.44. The van der Waals surface area contributed by atoms with E-state index in [1.807, 2.05) is 24.9 Å². The van der Waals surface area contributed by atoms with Crippen LogP contribution >= 0.6 is 11.3 Å². The number of carbonyl (C=O) groups is 1. The standard InChI is InChI=1S/C19H19N3O2S/c1-11-15-17(23)20-10-21-18(15)25-16(11)19(24)22(2)14-9-5-7-12-6-3-4-8-13(12)14/h3-4,6,8,10,14H,5,7,9H2,1-2H3,(H,20,21,23). The molecule has 6 heteroatoms. The van der Waals surface area contributed by atoms with E-state index >= 15 is 0 Å². The number of nitrogens with one attached hydrogen (secondary N) is 1. The third-order valence-electron chi connectivity index (χ3n) is 5.05. The zero-order valence-corrected chi connectivity index (χ0v) is 15.0. The lowest BCUT2D eigenvalue weighted by atomic mass is 9.87. The number of hydrogen-bond donors (Lipinski definition) is 1. The van der Waals surface area contributed by atoms with Gasteiger partial charge in [0.25, 0.3) is 11.5 Å². The predicted molar refractivity (Wildman–Crippen MR) is 99.2 cm³/mol. The van der Waals surface area contributed by atoms with Gasteiger partial charge in [0.15, 0.2) is 0 Å². The van der Waals surface area contributed by atoms with Gasteiger partial charge in [-0.1, -0.05) is 24.3 Å². The van der Waals surface area contributed by atoms with Crippen molar-refractivity contribution in [2.24, 2.45) is 0 Å². The van der Waals surface area contributed by atoms with Crippen molar-refractivity contribution in [3.8, 4) is 0 Å². The van der Waals surface area contributed by atoms with E-state index in [2.05, 4.69) is 28.2 Å². The molecule has 1 amide bonds. The lowest BCUT2D eigenvalue weighted by molar-refractivity contribution is 0.0719. The second-order valence-corrected chi connectivity index (χ2v) is 7.49. The van der Waals surface area contributed by atoms with Gasteiger partial charge in [0.2, 0.25) is 0 Å². The molecular formula is C19H19N3O2S. The lowest BCUT2D eigenvalue weighted by Crippen LogP contribution is -2.33. The number of fused-ring (bicyclic) bond motifs is 2. The van der Waals surface area contributed by atoms with E-state index in [1.54, 1.807) is 0 Å². The molecule has 3 aromatic rings. The van der Waals surface area contributed by atoms with Crippen LogP contribution < -0.4 is 5.56 Å². The SMILES string of the molecule is Cc1c(C(=O)N(C)C2CCCc3ccccc32)sc2nc[nH]c(=O)c12. The molecule has 0 radical (unpaired) electrons. The van der Waals surface area contributed by atoms with E-state index in [4.69, 9.17) is 0 Å². The molecule has 1 aliphatic carbocycles. The molecule has 1 aliphatic rings. The molecule has 1 atom stereocenters. The van der Waals surface area contributed by atoms with Crippen molar-refractivity contribution in [1.29, 1.82) is 0 Å². The van der Waals surface area contributed by atoms with Crippen LogP contribution in [0.4, 0.5) is 0 Å². The van der Waals surface area contributed by atoms with Crippen molar-refractivity contribution in [2.75, 3.05) is 7.05 Å². The Morgan fingerprint density at radius 3 is 2.96 bits per heavy atom. The summed E-state index contributed by atoms with van der Waals surface area (Å²) in [5.74, 6) is -0.0402. The van der Waals surface area contributed by atoms with E-state index in [1.165, 1.54) is 28.8 Å². The van der Waals surface area contributed by atoms with E-state index in [9.17, 15) is 9.59 Å². The third-order valence-corrected chi connectivity index (χ3v) is 6.24. The third kappa shape index (κ3) is 2.57. The first-order valence-corrected chi connectivity index (χ1v) is 9.21. The molecule has 0 spiro atoms. The number of aryl methyl sites for hydroxylation is 2. The molecule has 2 aromatic heterocycles. The summed E-state index contributed by atoms with van der Waals surface area (Å²) < 4.78 is 0. The highest BCUT2D eigenvalue weighted by atomic mass is 32.1. The number of aromatic nitrogens is 2. The fourth-order valence-corrected chi connectivity index (χ4v) is 4.85. The molecule has 1 unspecified atom stereocenters. The molecule has 2 heterocycles.